The molecule has 1 heterocycles. The molecule has 2 aromatic carbocycles. The summed E-state index contributed by atoms with van der Waals surface area (Å²) >= 11 is 0. The quantitative estimate of drug-likeness (QED) is 0.882. The zero-order valence-electron chi connectivity index (χ0n) is 16.7. The Bertz CT molecular complexity index is 782. The first-order valence-electron chi connectivity index (χ1n) is 9.70. The first-order valence-corrected chi connectivity index (χ1v) is 9.70. The van der Waals surface area contributed by atoms with Gasteiger partial charge in [0.15, 0.2) is 0 Å². The molecule has 1 N–H and O–H groups in total. The van der Waals surface area contributed by atoms with Gasteiger partial charge in [0.25, 0.3) is 0 Å². The monoisotopic (exact) mass is 382 g/mol. The summed E-state index contributed by atoms with van der Waals surface area (Å²) in [6, 6.07) is 17.2. The van der Waals surface area contributed by atoms with Gasteiger partial charge in [-0.2, -0.15) is 0 Å². The van der Waals surface area contributed by atoms with Gasteiger partial charge >= 0.3 is 0 Å². The van der Waals surface area contributed by atoms with Crippen molar-refractivity contribution in [3.05, 3.63) is 65.7 Å². The molecular weight excluding hydrogens is 354 g/mol. The second-order valence-electron chi connectivity index (χ2n) is 8.50. The lowest BCUT2D eigenvalue weighted by Gasteiger charge is -2.50. The predicted molar refractivity (Wildman–Crippen MR) is 106 cm³/mol. The third-order valence-corrected chi connectivity index (χ3v) is 5.43. The van der Waals surface area contributed by atoms with Gasteiger partial charge in [0.2, 0.25) is 0 Å². The van der Waals surface area contributed by atoms with E-state index in [-0.39, 0.29) is 5.92 Å². The lowest BCUT2D eigenvalue weighted by atomic mass is 9.73. The van der Waals surface area contributed by atoms with E-state index in [0.29, 0.717) is 19.6 Å². The van der Waals surface area contributed by atoms with Gasteiger partial charge in [-0.25, -0.2) is 0 Å². The Hall–Kier alpha value is -2.53. The Balaban J connectivity index is 1.71. The van der Waals surface area contributed by atoms with Gasteiger partial charge < -0.3 is 24.6 Å². The molecule has 0 spiro atoms. The maximum absolute atomic E-state index is 11.5. The second-order valence-corrected chi connectivity index (χ2v) is 8.50. The van der Waals surface area contributed by atoms with E-state index in [0.717, 1.165) is 16.9 Å². The number of amides is 1. The average Bonchev–Trinajstić information content (AvgIpc) is 2.66. The van der Waals surface area contributed by atoms with Crippen LogP contribution in [0, 0.1) is 5.41 Å². The van der Waals surface area contributed by atoms with Crippen LogP contribution in [0.25, 0.3) is 0 Å². The summed E-state index contributed by atoms with van der Waals surface area (Å²) < 4.78 is 5.83. The number of likely N-dealkylation sites (tertiary alicyclic amines) is 1. The summed E-state index contributed by atoms with van der Waals surface area (Å²) in [6.45, 7) is 6.69. The van der Waals surface area contributed by atoms with Crippen molar-refractivity contribution in [2.24, 2.45) is 5.41 Å². The van der Waals surface area contributed by atoms with Gasteiger partial charge in [0.05, 0.1) is 12.1 Å². The third-order valence-electron chi connectivity index (χ3n) is 5.43. The summed E-state index contributed by atoms with van der Waals surface area (Å²) in [5, 5.41) is 22.5. The Morgan fingerprint density at radius 3 is 2.36 bits per heavy atom. The van der Waals surface area contributed by atoms with Crippen LogP contribution < -0.4 is 9.84 Å². The molecule has 0 saturated carbocycles. The summed E-state index contributed by atoms with van der Waals surface area (Å²) in [5.41, 5.74) is 1.70. The minimum atomic E-state index is -1.22. The molecule has 5 heteroatoms. The highest BCUT2D eigenvalue weighted by Gasteiger charge is 2.43. The normalized spacial score (nSPS) is 22.7. The maximum Gasteiger partial charge on any atom is 0.137 e. The van der Waals surface area contributed by atoms with Crippen molar-refractivity contribution in [1.29, 1.82) is 0 Å². The van der Waals surface area contributed by atoms with Crippen LogP contribution in [0.1, 0.15) is 44.2 Å². The molecule has 1 aliphatic heterocycles. The number of rotatable bonds is 4. The van der Waals surface area contributed by atoms with E-state index in [1.165, 1.54) is 4.90 Å². The van der Waals surface area contributed by atoms with Crippen molar-refractivity contribution in [2.75, 3.05) is 6.54 Å². The zero-order chi connectivity index (χ0) is 20.3. The molecule has 3 rings (SSSR count). The lowest BCUT2D eigenvalue weighted by molar-refractivity contribution is -0.274. The van der Waals surface area contributed by atoms with Crippen molar-refractivity contribution in [2.45, 2.75) is 51.9 Å². The van der Waals surface area contributed by atoms with Crippen LogP contribution >= 0.6 is 0 Å². The SMILES string of the molecule is CC(C)(C)C1C(O)[C@@H](c2ccc(OCc3ccccc3)cc2)CCN1C(=O)[O-]. The number of carbonyl (C=O) groups excluding carboxylic acids is 1. The van der Waals surface area contributed by atoms with E-state index in [1.807, 2.05) is 75.4 Å². The number of benzene rings is 2. The maximum atomic E-state index is 11.5. The fraction of sp³-hybridized carbons (Fsp3) is 0.435. The van der Waals surface area contributed by atoms with Crippen LogP contribution in [-0.4, -0.2) is 34.8 Å². The van der Waals surface area contributed by atoms with E-state index < -0.39 is 23.7 Å². The van der Waals surface area contributed by atoms with Crippen molar-refractivity contribution in [1.82, 2.24) is 4.90 Å². The van der Waals surface area contributed by atoms with Gasteiger partial charge in [-0.1, -0.05) is 63.2 Å². The minimum Gasteiger partial charge on any atom is -0.530 e. The largest absolute Gasteiger partial charge is 0.530 e. The fourth-order valence-corrected chi connectivity index (χ4v) is 4.09. The number of piperidine rings is 1. The smallest absolute Gasteiger partial charge is 0.137 e. The summed E-state index contributed by atoms with van der Waals surface area (Å²) in [7, 11) is 0. The highest BCUT2D eigenvalue weighted by atomic mass is 16.5. The summed E-state index contributed by atoms with van der Waals surface area (Å²) in [4.78, 5) is 12.8. The molecule has 2 unspecified atom stereocenters. The first kappa shape index (κ1) is 20.2. The molecule has 0 aromatic heterocycles. The number of aliphatic hydroxyl groups excluding tert-OH is 1. The Kier molecular flexibility index (Phi) is 5.94. The van der Waals surface area contributed by atoms with Crippen LogP contribution in [0.4, 0.5) is 4.79 Å². The molecule has 3 atom stereocenters. The molecule has 1 saturated heterocycles. The number of ether oxygens (including phenoxy) is 1. The van der Waals surface area contributed by atoms with E-state index in [9.17, 15) is 15.0 Å². The van der Waals surface area contributed by atoms with Gasteiger partial charge in [-0.15, -0.1) is 0 Å². The van der Waals surface area contributed by atoms with Gasteiger partial charge in [-0.05, 0) is 35.1 Å². The second kappa shape index (κ2) is 8.23. The molecule has 0 aliphatic carbocycles. The molecule has 1 fully saturated rings. The van der Waals surface area contributed by atoms with Crippen LogP contribution in [0.5, 0.6) is 5.75 Å². The molecule has 1 amide bonds. The van der Waals surface area contributed by atoms with Crippen LogP contribution in [0.15, 0.2) is 54.6 Å². The minimum absolute atomic E-state index is 0.122. The number of hydrogen-bond donors (Lipinski definition) is 1. The number of hydrogen-bond acceptors (Lipinski definition) is 4. The molecular formula is C23H28NO4-. The predicted octanol–water partition coefficient (Wildman–Crippen LogP) is 3.17. The number of carboxylic acid groups (broad SMARTS) is 1. The fourth-order valence-electron chi connectivity index (χ4n) is 4.09. The number of aliphatic hydroxyl groups is 1. The number of nitrogens with zero attached hydrogens (tertiary/aromatic N) is 1. The van der Waals surface area contributed by atoms with Gasteiger partial charge in [0.1, 0.15) is 18.4 Å². The van der Waals surface area contributed by atoms with Crippen molar-refractivity contribution < 1.29 is 19.7 Å². The van der Waals surface area contributed by atoms with E-state index in [4.69, 9.17) is 4.74 Å². The molecule has 150 valence electrons. The zero-order valence-corrected chi connectivity index (χ0v) is 16.7. The Morgan fingerprint density at radius 2 is 1.79 bits per heavy atom. The standard InChI is InChI=1S/C23H29NO4/c1-23(2,3)21-20(25)19(13-14-24(21)22(26)27)17-9-11-18(12-10-17)28-15-16-7-5-4-6-8-16/h4-12,19-21,25H,13-15H2,1-3H3,(H,26,27)/p-1/t19-,20?,21?/m1/s1. The van der Waals surface area contributed by atoms with E-state index in [2.05, 4.69) is 0 Å². The first-order chi connectivity index (χ1) is 13.3. The van der Waals surface area contributed by atoms with Crippen LogP contribution in [-0.2, 0) is 6.61 Å². The molecule has 5 nitrogen and oxygen atoms in total. The Morgan fingerprint density at radius 1 is 1.14 bits per heavy atom. The molecule has 1 aliphatic rings. The van der Waals surface area contributed by atoms with Crippen LogP contribution in [0.3, 0.4) is 0 Å². The van der Waals surface area contributed by atoms with Crippen molar-refractivity contribution >= 4 is 6.09 Å². The highest BCUT2D eigenvalue weighted by Crippen LogP contribution is 2.39. The molecule has 0 radical (unpaired) electrons. The molecule has 2 aromatic rings. The number of carbonyl (C=O) groups is 1. The summed E-state index contributed by atoms with van der Waals surface area (Å²) in [5.74, 6) is 0.643. The van der Waals surface area contributed by atoms with E-state index >= 15 is 0 Å². The topological polar surface area (TPSA) is 72.8 Å². The third kappa shape index (κ3) is 4.47. The van der Waals surface area contributed by atoms with Gasteiger partial charge in [-0.3, -0.25) is 0 Å². The Labute approximate surface area is 166 Å². The molecule has 0 bridgehead atoms. The van der Waals surface area contributed by atoms with Crippen molar-refractivity contribution in [3.8, 4) is 5.75 Å². The van der Waals surface area contributed by atoms with Crippen LogP contribution in [0.2, 0.25) is 0 Å². The van der Waals surface area contributed by atoms with E-state index in [1.54, 1.807) is 0 Å². The summed E-state index contributed by atoms with van der Waals surface area (Å²) in [6.07, 6.45) is -1.45. The average molecular weight is 382 g/mol. The van der Waals surface area contributed by atoms with Crippen molar-refractivity contribution in [3.63, 3.8) is 0 Å². The highest BCUT2D eigenvalue weighted by molar-refractivity contribution is 5.63. The van der Waals surface area contributed by atoms with Gasteiger partial charge in [0, 0.05) is 12.5 Å². The molecule has 28 heavy (non-hydrogen) atoms. The lowest BCUT2D eigenvalue weighted by Crippen LogP contribution is -2.61.